The molecule has 1 aromatic carbocycles. The Hall–Kier alpha value is -2.43. The summed E-state index contributed by atoms with van der Waals surface area (Å²) >= 11 is 0. The number of aryl methyl sites for hydroxylation is 1. The van der Waals surface area contributed by atoms with Gasteiger partial charge in [-0.3, -0.25) is 10.1 Å². The largest absolute Gasteiger partial charge is 0.350 e. The molecule has 0 atom stereocenters. The van der Waals surface area contributed by atoms with Gasteiger partial charge in [0.25, 0.3) is 0 Å². The van der Waals surface area contributed by atoms with Gasteiger partial charge in [-0.15, -0.1) is 0 Å². The minimum Gasteiger partial charge on any atom is -0.350 e. The van der Waals surface area contributed by atoms with Gasteiger partial charge in [0.1, 0.15) is 0 Å². The van der Waals surface area contributed by atoms with Crippen molar-refractivity contribution in [2.24, 2.45) is 0 Å². The molecule has 1 heterocycles. The Morgan fingerprint density at radius 2 is 1.85 bits per heavy atom. The van der Waals surface area contributed by atoms with Gasteiger partial charge in [0, 0.05) is 25.9 Å². The summed E-state index contributed by atoms with van der Waals surface area (Å²) in [5, 5.41) is 11.0. The second-order valence-electron chi connectivity index (χ2n) is 4.63. The molecule has 0 aliphatic rings. The van der Waals surface area contributed by atoms with E-state index in [1.54, 1.807) is 17.2 Å². The summed E-state index contributed by atoms with van der Waals surface area (Å²) in [6.45, 7) is 2.69. The number of aromatic nitrogens is 1. The maximum atomic E-state index is 11.0. The van der Waals surface area contributed by atoms with E-state index in [1.807, 2.05) is 19.2 Å². The molecule has 0 unspecified atom stereocenters. The van der Waals surface area contributed by atoms with Crippen LogP contribution in [0.25, 0.3) is 0 Å². The van der Waals surface area contributed by atoms with Gasteiger partial charge in [0.2, 0.25) is 5.82 Å². The lowest BCUT2D eigenvalue weighted by Gasteiger charge is -2.18. The van der Waals surface area contributed by atoms with Crippen LogP contribution in [0.4, 0.5) is 11.5 Å². The van der Waals surface area contributed by atoms with Crippen molar-refractivity contribution in [3.05, 3.63) is 63.8 Å². The quantitative estimate of drug-likeness (QED) is 0.619. The minimum absolute atomic E-state index is 0.0279. The van der Waals surface area contributed by atoms with Crippen LogP contribution in [0.15, 0.2) is 42.6 Å². The highest BCUT2D eigenvalue weighted by Gasteiger charge is 2.17. The van der Waals surface area contributed by atoms with Crippen LogP contribution in [0.5, 0.6) is 0 Å². The van der Waals surface area contributed by atoms with Crippen LogP contribution >= 0.6 is 0 Å². The van der Waals surface area contributed by atoms with Gasteiger partial charge < -0.3 is 4.90 Å². The minimum atomic E-state index is -0.404. The fraction of sp³-hybridized carbons (Fsp3) is 0.267. The first-order valence-electron chi connectivity index (χ1n) is 6.50. The lowest BCUT2D eigenvalue weighted by atomic mass is 10.1. The lowest BCUT2D eigenvalue weighted by Crippen LogP contribution is -2.18. The van der Waals surface area contributed by atoms with Crippen LogP contribution in [0.2, 0.25) is 0 Å². The zero-order valence-corrected chi connectivity index (χ0v) is 11.6. The molecule has 0 saturated carbocycles. The van der Waals surface area contributed by atoms with Crippen molar-refractivity contribution in [2.75, 3.05) is 11.9 Å². The zero-order valence-electron chi connectivity index (χ0n) is 11.6. The van der Waals surface area contributed by atoms with Crippen molar-refractivity contribution in [1.29, 1.82) is 0 Å². The molecule has 5 heteroatoms. The maximum Gasteiger partial charge on any atom is 0.311 e. The molecule has 0 radical (unpaired) electrons. The summed E-state index contributed by atoms with van der Waals surface area (Å²) in [7, 11) is 1.81. The molecule has 2 aromatic rings. The monoisotopic (exact) mass is 271 g/mol. The highest BCUT2D eigenvalue weighted by atomic mass is 16.6. The van der Waals surface area contributed by atoms with Gasteiger partial charge in [-0.05, 0) is 23.6 Å². The summed E-state index contributed by atoms with van der Waals surface area (Å²) in [4.78, 5) is 16.5. The summed E-state index contributed by atoms with van der Waals surface area (Å²) in [5.74, 6) is 0.386. The molecule has 0 aliphatic carbocycles. The van der Waals surface area contributed by atoms with Gasteiger partial charge >= 0.3 is 5.69 Å². The fourth-order valence-electron chi connectivity index (χ4n) is 2.05. The van der Waals surface area contributed by atoms with Crippen LogP contribution in [0.1, 0.15) is 18.1 Å². The second-order valence-corrected chi connectivity index (χ2v) is 4.63. The average Bonchev–Trinajstić information content (AvgIpc) is 2.48. The van der Waals surface area contributed by atoms with Crippen molar-refractivity contribution >= 4 is 11.5 Å². The van der Waals surface area contributed by atoms with Crippen LogP contribution in [-0.2, 0) is 13.0 Å². The van der Waals surface area contributed by atoms with Crippen LogP contribution in [0.3, 0.4) is 0 Å². The topological polar surface area (TPSA) is 59.3 Å². The molecule has 0 fully saturated rings. The van der Waals surface area contributed by atoms with E-state index in [1.165, 1.54) is 11.6 Å². The van der Waals surface area contributed by atoms with Crippen LogP contribution in [0, 0.1) is 10.1 Å². The highest BCUT2D eigenvalue weighted by molar-refractivity contribution is 5.56. The smallest absolute Gasteiger partial charge is 0.311 e. The number of anilines is 1. The van der Waals surface area contributed by atoms with E-state index in [4.69, 9.17) is 0 Å². The number of pyridine rings is 1. The van der Waals surface area contributed by atoms with E-state index in [-0.39, 0.29) is 5.69 Å². The maximum absolute atomic E-state index is 11.0. The average molecular weight is 271 g/mol. The van der Waals surface area contributed by atoms with Gasteiger partial charge in [-0.25, -0.2) is 4.98 Å². The summed E-state index contributed by atoms with van der Waals surface area (Å²) < 4.78 is 0. The van der Waals surface area contributed by atoms with Crippen molar-refractivity contribution < 1.29 is 4.92 Å². The standard InChI is InChI=1S/C15H17N3O2/c1-3-12-6-8-13(9-7-12)11-17(2)15-14(18(19)20)5-4-10-16-15/h4-10H,3,11H2,1-2H3. The molecular formula is C15H17N3O2. The summed E-state index contributed by atoms with van der Waals surface area (Å²) in [6, 6.07) is 11.3. The molecule has 5 nitrogen and oxygen atoms in total. The van der Waals surface area contributed by atoms with Crippen molar-refractivity contribution in [3.63, 3.8) is 0 Å². The predicted molar refractivity (Wildman–Crippen MR) is 78.8 cm³/mol. The number of hydrogen-bond donors (Lipinski definition) is 0. The molecule has 20 heavy (non-hydrogen) atoms. The molecule has 104 valence electrons. The van der Waals surface area contributed by atoms with Gasteiger partial charge in [-0.1, -0.05) is 31.2 Å². The molecule has 1 aromatic heterocycles. The van der Waals surface area contributed by atoms with Gasteiger partial charge in [-0.2, -0.15) is 0 Å². The Morgan fingerprint density at radius 1 is 1.20 bits per heavy atom. The first-order valence-corrected chi connectivity index (χ1v) is 6.50. The molecule has 2 rings (SSSR count). The van der Waals surface area contributed by atoms with E-state index in [2.05, 4.69) is 24.0 Å². The van der Waals surface area contributed by atoms with Crippen molar-refractivity contribution in [2.45, 2.75) is 19.9 Å². The third-order valence-corrected chi connectivity index (χ3v) is 3.18. The molecule has 0 N–H and O–H groups in total. The van der Waals surface area contributed by atoms with E-state index >= 15 is 0 Å². The molecular weight excluding hydrogens is 254 g/mol. The highest BCUT2D eigenvalue weighted by Crippen LogP contribution is 2.24. The number of nitro groups is 1. The first-order chi connectivity index (χ1) is 9.61. The van der Waals surface area contributed by atoms with Gasteiger partial charge in [0.05, 0.1) is 4.92 Å². The summed E-state index contributed by atoms with van der Waals surface area (Å²) in [6.07, 6.45) is 2.57. The Balaban J connectivity index is 2.19. The molecule has 0 bridgehead atoms. The Bertz CT molecular complexity index is 596. The third kappa shape index (κ3) is 3.12. The second kappa shape index (κ2) is 6.14. The summed E-state index contributed by atoms with van der Waals surface area (Å²) in [5.41, 5.74) is 2.41. The Morgan fingerprint density at radius 3 is 2.45 bits per heavy atom. The zero-order chi connectivity index (χ0) is 14.5. The molecule has 0 aliphatic heterocycles. The first kappa shape index (κ1) is 14.0. The van der Waals surface area contributed by atoms with E-state index in [0.29, 0.717) is 12.4 Å². The third-order valence-electron chi connectivity index (χ3n) is 3.18. The lowest BCUT2D eigenvalue weighted by molar-refractivity contribution is -0.384. The van der Waals surface area contributed by atoms with Crippen LogP contribution in [-0.4, -0.2) is 17.0 Å². The Labute approximate surface area is 118 Å². The van der Waals surface area contributed by atoms with E-state index in [0.717, 1.165) is 12.0 Å². The number of hydrogen-bond acceptors (Lipinski definition) is 4. The number of benzene rings is 1. The molecule has 0 saturated heterocycles. The fourth-order valence-corrected chi connectivity index (χ4v) is 2.05. The molecule has 0 spiro atoms. The normalized spacial score (nSPS) is 10.3. The SMILES string of the molecule is CCc1ccc(CN(C)c2ncccc2[N+](=O)[O-])cc1. The van der Waals surface area contributed by atoms with Crippen molar-refractivity contribution in [1.82, 2.24) is 4.98 Å². The van der Waals surface area contributed by atoms with E-state index in [9.17, 15) is 10.1 Å². The number of nitrogens with zero attached hydrogens (tertiary/aromatic N) is 3. The van der Waals surface area contributed by atoms with Gasteiger partial charge in [0.15, 0.2) is 0 Å². The van der Waals surface area contributed by atoms with Crippen molar-refractivity contribution in [3.8, 4) is 0 Å². The van der Waals surface area contributed by atoms with Crippen LogP contribution < -0.4 is 4.90 Å². The predicted octanol–water partition coefficient (Wildman–Crippen LogP) is 3.19. The Kier molecular flexibility index (Phi) is 4.30. The number of rotatable bonds is 5. The molecule has 0 amide bonds. The van der Waals surface area contributed by atoms with E-state index < -0.39 is 4.92 Å².